The molecule has 2 atom stereocenters. The normalized spacial score (nSPS) is 19.9. The van der Waals surface area contributed by atoms with Crippen molar-refractivity contribution in [3.05, 3.63) is 60.4 Å². The fourth-order valence-corrected chi connectivity index (χ4v) is 3.92. The summed E-state index contributed by atoms with van der Waals surface area (Å²) in [7, 11) is 0. The smallest absolute Gasteiger partial charge is 0.252 e. The maximum atomic E-state index is 13.0. The average molecular weight is 390 g/mol. The summed E-state index contributed by atoms with van der Waals surface area (Å²) >= 11 is 0. The summed E-state index contributed by atoms with van der Waals surface area (Å²) in [6, 6.07) is 13.4. The van der Waals surface area contributed by atoms with Crippen LogP contribution in [-0.2, 0) is 4.74 Å². The topological polar surface area (TPSA) is 67.4 Å². The van der Waals surface area contributed by atoms with Crippen LogP contribution in [0.3, 0.4) is 0 Å². The molecule has 1 aliphatic heterocycles. The van der Waals surface area contributed by atoms with Crippen LogP contribution in [0.15, 0.2) is 54.9 Å². The molecule has 3 heterocycles. The van der Waals surface area contributed by atoms with Crippen LogP contribution in [0.25, 0.3) is 22.2 Å². The second-order valence-corrected chi connectivity index (χ2v) is 7.58. The lowest BCUT2D eigenvalue weighted by Gasteiger charge is -2.35. The molecule has 1 N–H and O–H groups in total. The number of carbonyl (C=O) groups is 1. The van der Waals surface area contributed by atoms with Crippen LogP contribution in [0, 0.1) is 0 Å². The molecule has 1 saturated heterocycles. The highest BCUT2D eigenvalue weighted by Gasteiger charge is 2.22. The molecule has 29 heavy (non-hydrogen) atoms. The number of nitrogens with zero attached hydrogens (tertiary/aromatic N) is 3. The Bertz CT molecular complexity index is 983. The molecule has 0 aliphatic carbocycles. The average Bonchev–Trinajstić information content (AvgIpc) is 2.73. The Morgan fingerprint density at radius 1 is 1.14 bits per heavy atom. The molecular formula is C23H26N4O2. The van der Waals surface area contributed by atoms with Crippen molar-refractivity contribution in [3.8, 4) is 11.3 Å². The van der Waals surface area contributed by atoms with Gasteiger partial charge >= 0.3 is 0 Å². The lowest BCUT2D eigenvalue weighted by atomic mass is 10.0. The van der Waals surface area contributed by atoms with Crippen LogP contribution in [0.1, 0.15) is 24.2 Å². The zero-order chi connectivity index (χ0) is 20.2. The van der Waals surface area contributed by atoms with Gasteiger partial charge in [-0.1, -0.05) is 18.2 Å². The molecule has 0 spiro atoms. The van der Waals surface area contributed by atoms with E-state index in [-0.39, 0.29) is 18.1 Å². The number of hydrogen-bond acceptors (Lipinski definition) is 5. The number of fused-ring (bicyclic) bond motifs is 1. The molecule has 6 heteroatoms. The second kappa shape index (κ2) is 8.68. The van der Waals surface area contributed by atoms with Gasteiger partial charge in [-0.25, -0.2) is 4.98 Å². The third-order valence-corrected chi connectivity index (χ3v) is 5.15. The first kappa shape index (κ1) is 19.5. The van der Waals surface area contributed by atoms with Crippen LogP contribution in [0.4, 0.5) is 0 Å². The van der Waals surface area contributed by atoms with E-state index in [9.17, 15) is 4.79 Å². The Labute approximate surface area is 170 Å². The first-order chi connectivity index (χ1) is 14.1. The Morgan fingerprint density at radius 3 is 2.62 bits per heavy atom. The largest absolute Gasteiger partial charge is 0.373 e. The number of carbonyl (C=O) groups excluding carboxylic acids is 1. The van der Waals surface area contributed by atoms with Crippen molar-refractivity contribution in [3.63, 3.8) is 0 Å². The number of rotatable bonds is 5. The number of para-hydroxylation sites is 1. The van der Waals surface area contributed by atoms with E-state index in [2.05, 4.69) is 29.0 Å². The zero-order valence-electron chi connectivity index (χ0n) is 16.8. The lowest BCUT2D eigenvalue weighted by molar-refractivity contribution is -0.0672. The van der Waals surface area contributed by atoms with Crippen LogP contribution < -0.4 is 5.32 Å². The van der Waals surface area contributed by atoms with Gasteiger partial charge in [0.05, 0.1) is 29.0 Å². The molecule has 6 nitrogen and oxygen atoms in total. The van der Waals surface area contributed by atoms with E-state index >= 15 is 0 Å². The SMILES string of the molecule is C[C@@H]1CN(CCNC(=O)c2cc(-c3ccncc3)nc3ccccc23)C[C@@H](C)O1. The number of pyridine rings is 2. The predicted octanol–water partition coefficient (Wildman–Crippen LogP) is 3.14. The highest BCUT2D eigenvalue weighted by Crippen LogP contribution is 2.24. The minimum Gasteiger partial charge on any atom is -0.373 e. The molecular weight excluding hydrogens is 364 g/mol. The number of aromatic nitrogens is 2. The molecule has 0 saturated carbocycles. The Morgan fingerprint density at radius 2 is 1.86 bits per heavy atom. The van der Waals surface area contributed by atoms with Crippen molar-refractivity contribution in [2.45, 2.75) is 26.1 Å². The lowest BCUT2D eigenvalue weighted by Crippen LogP contribution is -2.47. The van der Waals surface area contributed by atoms with E-state index in [1.807, 2.05) is 42.5 Å². The summed E-state index contributed by atoms with van der Waals surface area (Å²) in [5.74, 6) is -0.0757. The molecule has 150 valence electrons. The molecule has 0 unspecified atom stereocenters. The maximum Gasteiger partial charge on any atom is 0.252 e. The summed E-state index contributed by atoms with van der Waals surface area (Å²) in [6.07, 6.45) is 3.91. The van der Waals surface area contributed by atoms with E-state index < -0.39 is 0 Å². The molecule has 2 aromatic heterocycles. The summed E-state index contributed by atoms with van der Waals surface area (Å²) < 4.78 is 5.78. The summed E-state index contributed by atoms with van der Waals surface area (Å²) in [5, 5.41) is 3.94. The Kier molecular flexibility index (Phi) is 5.83. The standard InChI is InChI=1S/C23H26N4O2/c1-16-14-27(15-17(2)29-16)12-11-25-23(28)20-13-22(18-7-9-24-10-8-18)26-21-6-4-3-5-19(20)21/h3-10,13,16-17H,11-12,14-15H2,1-2H3,(H,25,28)/t16-,17-/m1/s1. The van der Waals surface area contributed by atoms with Gasteiger partial charge < -0.3 is 10.1 Å². The molecule has 4 rings (SSSR count). The van der Waals surface area contributed by atoms with E-state index in [1.54, 1.807) is 12.4 Å². The molecule has 1 amide bonds. The van der Waals surface area contributed by atoms with Crippen molar-refractivity contribution in [1.29, 1.82) is 0 Å². The Hall–Kier alpha value is -2.83. The van der Waals surface area contributed by atoms with Crippen molar-refractivity contribution in [1.82, 2.24) is 20.2 Å². The van der Waals surface area contributed by atoms with Gasteiger partial charge in [0.15, 0.2) is 0 Å². The van der Waals surface area contributed by atoms with Gasteiger partial charge in [0.25, 0.3) is 5.91 Å². The van der Waals surface area contributed by atoms with Gasteiger partial charge in [-0.3, -0.25) is 14.7 Å². The van der Waals surface area contributed by atoms with Gasteiger partial charge in [-0.15, -0.1) is 0 Å². The molecule has 3 aromatic rings. The van der Waals surface area contributed by atoms with Crippen molar-refractivity contribution < 1.29 is 9.53 Å². The fraction of sp³-hybridized carbons (Fsp3) is 0.348. The van der Waals surface area contributed by atoms with E-state index in [1.165, 1.54) is 0 Å². The summed E-state index contributed by atoms with van der Waals surface area (Å²) in [6.45, 7) is 7.37. The second-order valence-electron chi connectivity index (χ2n) is 7.58. The van der Waals surface area contributed by atoms with Crippen molar-refractivity contribution in [2.24, 2.45) is 0 Å². The molecule has 1 fully saturated rings. The van der Waals surface area contributed by atoms with Crippen LogP contribution in [-0.4, -0.2) is 59.2 Å². The number of morpholine rings is 1. The minimum absolute atomic E-state index is 0.0757. The first-order valence-electron chi connectivity index (χ1n) is 10.1. The monoisotopic (exact) mass is 390 g/mol. The van der Waals surface area contributed by atoms with Gasteiger partial charge in [-0.05, 0) is 38.1 Å². The number of amides is 1. The van der Waals surface area contributed by atoms with Crippen LogP contribution >= 0.6 is 0 Å². The number of ether oxygens (including phenoxy) is 1. The van der Waals surface area contributed by atoms with Gasteiger partial charge in [0.2, 0.25) is 0 Å². The van der Waals surface area contributed by atoms with E-state index in [4.69, 9.17) is 9.72 Å². The molecule has 0 radical (unpaired) electrons. The third kappa shape index (κ3) is 4.60. The molecule has 0 bridgehead atoms. The highest BCUT2D eigenvalue weighted by atomic mass is 16.5. The molecule has 1 aromatic carbocycles. The number of benzene rings is 1. The van der Waals surface area contributed by atoms with Crippen molar-refractivity contribution >= 4 is 16.8 Å². The van der Waals surface area contributed by atoms with Crippen molar-refractivity contribution in [2.75, 3.05) is 26.2 Å². The number of nitrogens with one attached hydrogen (secondary N) is 1. The minimum atomic E-state index is -0.0757. The molecule has 1 aliphatic rings. The third-order valence-electron chi connectivity index (χ3n) is 5.15. The summed E-state index contributed by atoms with van der Waals surface area (Å²) in [5.41, 5.74) is 3.16. The van der Waals surface area contributed by atoms with E-state index in [0.717, 1.165) is 41.8 Å². The zero-order valence-corrected chi connectivity index (χ0v) is 16.8. The first-order valence-corrected chi connectivity index (χ1v) is 10.1. The van der Waals surface area contributed by atoms with Crippen LogP contribution in [0.2, 0.25) is 0 Å². The van der Waals surface area contributed by atoms with Gasteiger partial charge in [-0.2, -0.15) is 0 Å². The quantitative estimate of drug-likeness (QED) is 0.725. The Balaban J connectivity index is 1.52. The summed E-state index contributed by atoms with van der Waals surface area (Å²) in [4.78, 5) is 24.2. The predicted molar refractivity (Wildman–Crippen MR) is 114 cm³/mol. The van der Waals surface area contributed by atoms with Gasteiger partial charge in [0, 0.05) is 49.5 Å². The van der Waals surface area contributed by atoms with E-state index in [0.29, 0.717) is 12.1 Å². The maximum absolute atomic E-state index is 13.0. The fourth-order valence-electron chi connectivity index (χ4n) is 3.92. The highest BCUT2D eigenvalue weighted by molar-refractivity contribution is 6.07. The van der Waals surface area contributed by atoms with Crippen LogP contribution in [0.5, 0.6) is 0 Å². The number of hydrogen-bond donors (Lipinski definition) is 1. The van der Waals surface area contributed by atoms with Gasteiger partial charge in [0.1, 0.15) is 0 Å².